The number of benzene rings is 1. The quantitative estimate of drug-likeness (QED) is 0.324. The van der Waals surface area contributed by atoms with Crippen LogP contribution in [0.15, 0.2) is 52.0 Å². The molecule has 3 aromatic rings. The van der Waals surface area contributed by atoms with Crippen molar-refractivity contribution in [1.82, 2.24) is 25.2 Å². The molecule has 188 valence electrons. The van der Waals surface area contributed by atoms with Gasteiger partial charge in [0.15, 0.2) is 10.9 Å². The van der Waals surface area contributed by atoms with Crippen molar-refractivity contribution >= 4 is 52.2 Å². The van der Waals surface area contributed by atoms with E-state index in [2.05, 4.69) is 30.7 Å². The topological polar surface area (TPSA) is 98.1 Å². The molecule has 0 spiro atoms. The summed E-state index contributed by atoms with van der Waals surface area (Å²) >= 11 is 7.34. The molecule has 0 saturated carbocycles. The van der Waals surface area contributed by atoms with Crippen molar-refractivity contribution in [3.8, 4) is 0 Å². The standard InChI is InChI=1S/C24H26ClFN8OS/c1-27-5-6-29-30-15-17-13-18(31-21(14-17)32-24-28-7-12-36-24)16-33-8-10-34(11-9-33)23(35)19-3-2-4-20(25)22(19)26/h2-7,12-14,30H,8-11,15-16H2,1H3,(H,28,31,32)/b27-5?,29-6-. The van der Waals surface area contributed by atoms with Crippen LogP contribution in [-0.4, -0.2) is 71.3 Å². The average molecular weight is 529 g/mol. The van der Waals surface area contributed by atoms with Crippen LogP contribution in [0.4, 0.5) is 15.3 Å². The maximum atomic E-state index is 14.3. The van der Waals surface area contributed by atoms with Gasteiger partial charge < -0.3 is 15.6 Å². The molecule has 36 heavy (non-hydrogen) atoms. The van der Waals surface area contributed by atoms with E-state index < -0.39 is 5.82 Å². The van der Waals surface area contributed by atoms with Crippen LogP contribution < -0.4 is 10.7 Å². The lowest BCUT2D eigenvalue weighted by Gasteiger charge is -2.34. The van der Waals surface area contributed by atoms with Crippen molar-refractivity contribution < 1.29 is 9.18 Å². The smallest absolute Gasteiger partial charge is 0.256 e. The highest BCUT2D eigenvalue weighted by molar-refractivity contribution is 7.13. The van der Waals surface area contributed by atoms with Crippen LogP contribution in [0.5, 0.6) is 0 Å². The number of pyridine rings is 1. The third kappa shape index (κ3) is 6.84. The summed E-state index contributed by atoms with van der Waals surface area (Å²) in [7, 11) is 1.68. The lowest BCUT2D eigenvalue weighted by atomic mass is 10.1. The van der Waals surface area contributed by atoms with Gasteiger partial charge in [0.25, 0.3) is 5.91 Å². The zero-order valence-corrected chi connectivity index (χ0v) is 21.3. The van der Waals surface area contributed by atoms with Gasteiger partial charge in [-0.3, -0.25) is 14.7 Å². The van der Waals surface area contributed by atoms with Gasteiger partial charge in [-0.1, -0.05) is 17.7 Å². The Bertz CT molecular complexity index is 1230. The number of aliphatic imine (C=N–C) groups is 1. The lowest BCUT2D eigenvalue weighted by Crippen LogP contribution is -2.48. The lowest BCUT2D eigenvalue weighted by molar-refractivity contribution is 0.0622. The number of hydrogen-bond acceptors (Lipinski definition) is 9. The Morgan fingerprint density at radius 1 is 1.25 bits per heavy atom. The van der Waals surface area contributed by atoms with E-state index in [-0.39, 0.29) is 16.5 Å². The van der Waals surface area contributed by atoms with Gasteiger partial charge in [-0.25, -0.2) is 14.4 Å². The molecular formula is C24H26ClFN8OS. The number of hydrazone groups is 1. The molecule has 1 fully saturated rings. The number of nitrogens with zero attached hydrogens (tertiary/aromatic N) is 6. The van der Waals surface area contributed by atoms with Crippen LogP contribution in [0.25, 0.3) is 0 Å². The second-order valence-electron chi connectivity index (χ2n) is 8.00. The van der Waals surface area contributed by atoms with E-state index in [1.165, 1.54) is 23.5 Å². The zero-order valence-electron chi connectivity index (χ0n) is 19.7. The highest BCUT2D eigenvalue weighted by Gasteiger charge is 2.25. The second kappa shape index (κ2) is 12.5. The molecule has 2 N–H and O–H groups in total. The first-order chi connectivity index (χ1) is 17.5. The fourth-order valence-electron chi connectivity index (χ4n) is 3.76. The van der Waals surface area contributed by atoms with E-state index in [0.29, 0.717) is 45.1 Å². The molecule has 4 rings (SSSR count). The maximum absolute atomic E-state index is 14.3. The first-order valence-corrected chi connectivity index (χ1v) is 12.6. The number of nitrogens with one attached hydrogen (secondary N) is 2. The van der Waals surface area contributed by atoms with Crippen LogP contribution in [0, 0.1) is 5.82 Å². The Balaban J connectivity index is 1.41. The van der Waals surface area contributed by atoms with Gasteiger partial charge in [0.05, 0.1) is 29.0 Å². The van der Waals surface area contributed by atoms with Crippen molar-refractivity contribution in [1.29, 1.82) is 0 Å². The number of piperazine rings is 1. The molecule has 1 aliphatic heterocycles. The molecule has 2 aromatic heterocycles. The first-order valence-electron chi connectivity index (χ1n) is 11.3. The molecule has 1 saturated heterocycles. The van der Waals surface area contributed by atoms with Gasteiger partial charge in [-0.05, 0) is 29.8 Å². The minimum Gasteiger partial charge on any atom is -0.336 e. The highest BCUT2D eigenvalue weighted by atomic mass is 35.5. The maximum Gasteiger partial charge on any atom is 0.256 e. The molecule has 12 heteroatoms. The molecule has 0 bridgehead atoms. The number of thiazole rings is 1. The minimum absolute atomic E-state index is 0.00332. The van der Waals surface area contributed by atoms with Gasteiger partial charge in [-0.2, -0.15) is 5.10 Å². The number of hydrogen-bond donors (Lipinski definition) is 2. The zero-order chi connectivity index (χ0) is 25.3. The van der Waals surface area contributed by atoms with Crippen molar-refractivity contribution in [2.45, 2.75) is 13.1 Å². The summed E-state index contributed by atoms with van der Waals surface area (Å²) in [6.45, 7) is 3.40. The fraction of sp³-hybridized carbons (Fsp3) is 0.292. The number of rotatable bonds is 9. The Morgan fingerprint density at radius 2 is 2.08 bits per heavy atom. The molecule has 1 aliphatic rings. The highest BCUT2D eigenvalue weighted by Crippen LogP contribution is 2.22. The molecule has 9 nitrogen and oxygen atoms in total. The van der Waals surface area contributed by atoms with Gasteiger partial charge in [0, 0.05) is 57.6 Å². The molecule has 0 radical (unpaired) electrons. The van der Waals surface area contributed by atoms with E-state index in [4.69, 9.17) is 16.6 Å². The summed E-state index contributed by atoms with van der Waals surface area (Å²) in [5, 5.41) is 9.97. The summed E-state index contributed by atoms with van der Waals surface area (Å²) in [6.07, 6.45) is 4.93. The summed E-state index contributed by atoms with van der Waals surface area (Å²) in [6, 6.07) is 8.48. The van der Waals surface area contributed by atoms with E-state index >= 15 is 0 Å². The van der Waals surface area contributed by atoms with Crippen molar-refractivity contribution in [2.75, 3.05) is 38.5 Å². The van der Waals surface area contributed by atoms with Gasteiger partial charge in [0.1, 0.15) is 5.82 Å². The number of carbonyl (C=O) groups excluding carboxylic acids is 1. The molecule has 0 unspecified atom stereocenters. The Kier molecular flexibility index (Phi) is 8.93. The predicted octanol–water partition coefficient (Wildman–Crippen LogP) is 3.81. The Hall–Kier alpha value is -3.41. The van der Waals surface area contributed by atoms with Crippen LogP contribution in [0.3, 0.4) is 0 Å². The van der Waals surface area contributed by atoms with Crippen molar-refractivity contribution in [3.05, 3.63) is 69.6 Å². The number of carbonyl (C=O) groups is 1. The number of aromatic nitrogens is 2. The van der Waals surface area contributed by atoms with Crippen molar-refractivity contribution in [2.24, 2.45) is 10.1 Å². The molecule has 1 aromatic carbocycles. The summed E-state index contributed by atoms with van der Waals surface area (Å²) in [5.74, 6) is -0.319. The van der Waals surface area contributed by atoms with Crippen LogP contribution in [0.2, 0.25) is 5.02 Å². The monoisotopic (exact) mass is 528 g/mol. The van der Waals surface area contributed by atoms with Crippen LogP contribution >= 0.6 is 22.9 Å². The molecular weight excluding hydrogens is 503 g/mol. The largest absolute Gasteiger partial charge is 0.336 e. The first kappa shape index (κ1) is 25.7. The Morgan fingerprint density at radius 3 is 2.83 bits per heavy atom. The SMILES string of the molecule is CN=C/C=N\NCc1cc(CN2CCN(C(=O)c3cccc(Cl)c3F)CC2)nc(Nc2nccs2)c1. The fourth-order valence-corrected chi connectivity index (χ4v) is 4.47. The average Bonchev–Trinajstić information content (AvgIpc) is 3.38. The third-order valence-corrected chi connectivity index (χ3v) is 6.48. The van der Waals surface area contributed by atoms with Gasteiger partial charge in [-0.15, -0.1) is 11.3 Å². The Labute approximate surface area is 217 Å². The number of anilines is 2. The van der Waals surface area contributed by atoms with E-state index in [0.717, 1.165) is 16.4 Å². The van der Waals surface area contributed by atoms with E-state index in [9.17, 15) is 9.18 Å². The number of amides is 1. The molecule has 3 heterocycles. The molecule has 0 aliphatic carbocycles. The summed E-state index contributed by atoms with van der Waals surface area (Å²) in [5.41, 5.74) is 4.90. The normalized spacial score (nSPS) is 14.6. The molecule has 1 amide bonds. The number of halogens is 2. The van der Waals surface area contributed by atoms with Crippen LogP contribution in [0.1, 0.15) is 21.6 Å². The second-order valence-corrected chi connectivity index (χ2v) is 9.31. The predicted molar refractivity (Wildman–Crippen MR) is 142 cm³/mol. The third-order valence-electron chi connectivity index (χ3n) is 5.50. The minimum atomic E-state index is -0.673. The van der Waals surface area contributed by atoms with Crippen molar-refractivity contribution in [3.63, 3.8) is 0 Å². The van der Waals surface area contributed by atoms with Crippen LogP contribution in [-0.2, 0) is 13.1 Å². The summed E-state index contributed by atoms with van der Waals surface area (Å²) in [4.78, 5) is 29.6. The summed E-state index contributed by atoms with van der Waals surface area (Å²) < 4.78 is 14.3. The van der Waals surface area contributed by atoms with E-state index in [1.54, 1.807) is 36.6 Å². The van der Waals surface area contributed by atoms with E-state index in [1.807, 2.05) is 17.5 Å². The van der Waals surface area contributed by atoms with Gasteiger partial charge >= 0.3 is 0 Å². The van der Waals surface area contributed by atoms with Gasteiger partial charge in [0.2, 0.25) is 0 Å². The molecule has 0 atom stereocenters.